The fourth-order valence-corrected chi connectivity index (χ4v) is 3.25. The summed E-state index contributed by atoms with van der Waals surface area (Å²) in [6.45, 7) is -0.248. The number of carbonyl (C=O) groups is 2. The molecule has 1 aliphatic heterocycles. The predicted octanol–water partition coefficient (Wildman–Crippen LogP) is 3.01. The molecule has 1 amide bonds. The van der Waals surface area contributed by atoms with Crippen LogP contribution in [0.5, 0.6) is 17.2 Å². The Labute approximate surface area is 197 Å². The van der Waals surface area contributed by atoms with E-state index in [2.05, 4.69) is 10.4 Å². The smallest absolute Gasteiger partial charge is 0.416 e. The van der Waals surface area contributed by atoms with Crippen LogP contribution in [-0.4, -0.2) is 54.6 Å². The second kappa shape index (κ2) is 9.95. The summed E-state index contributed by atoms with van der Waals surface area (Å²) in [5.41, 5.74) is -1.11. The lowest BCUT2D eigenvalue weighted by molar-refractivity contribution is -0.137. The first-order valence-corrected chi connectivity index (χ1v) is 10.4. The summed E-state index contributed by atoms with van der Waals surface area (Å²) in [6.07, 6.45) is -3.72. The van der Waals surface area contributed by atoms with Crippen molar-refractivity contribution >= 4 is 11.9 Å². The number of para-hydroxylation sites is 2. The van der Waals surface area contributed by atoms with Crippen LogP contribution in [0.25, 0.3) is 5.69 Å². The molecule has 1 N–H and O–H groups in total. The van der Waals surface area contributed by atoms with Gasteiger partial charge in [-0.3, -0.25) is 4.79 Å². The van der Waals surface area contributed by atoms with Crippen LogP contribution in [0.3, 0.4) is 0 Å². The number of fused-ring (bicyclic) bond motifs is 1. The van der Waals surface area contributed by atoms with Crippen LogP contribution in [-0.2, 0) is 15.7 Å². The van der Waals surface area contributed by atoms with Gasteiger partial charge in [-0.2, -0.15) is 18.3 Å². The summed E-state index contributed by atoms with van der Waals surface area (Å²) in [4.78, 5) is 24.6. The highest BCUT2D eigenvalue weighted by Gasteiger charge is 2.31. The van der Waals surface area contributed by atoms with Gasteiger partial charge >= 0.3 is 12.1 Å². The lowest BCUT2D eigenvalue weighted by atomic mass is 10.2. The first-order valence-electron chi connectivity index (χ1n) is 10.4. The summed E-state index contributed by atoms with van der Waals surface area (Å²) >= 11 is 0. The Morgan fingerprint density at radius 3 is 2.69 bits per heavy atom. The normalized spacial score (nSPS) is 14.8. The molecule has 2 heterocycles. The van der Waals surface area contributed by atoms with Gasteiger partial charge in [0.1, 0.15) is 12.7 Å². The number of nitrogens with one attached hydrogen (secondary N) is 1. The molecule has 2 aromatic carbocycles. The molecule has 9 nitrogen and oxygen atoms in total. The number of benzene rings is 2. The van der Waals surface area contributed by atoms with Gasteiger partial charge < -0.3 is 24.3 Å². The number of halogens is 3. The third-order valence-electron chi connectivity index (χ3n) is 4.96. The number of nitrogens with zero attached hydrogens (tertiary/aromatic N) is 2. The van der Waals surface area contributed by atoms with E-state index in [1.807, 2.05) is 6.07 Å². The molecule has 0 radical (unpaired) electrons. The number of amides is 1. The molecule has 0 fully saturated rings. The lowest BCUT2D eigenvalue weighted by Gasteiger charge is -2.26. The maximum atomic E-state index is 13.0. The van der Waals surface area contributed by atoms with Gasteiger partial charge in [0, 0.05) is 0 Å². The Bertz CT molecular complexity index is 1230. The van der Waals surface area contributed by atoms with E-state index in [4.69, 9.17) is 18.9 Å². The van der Waals surface area contributed by atoms with Crippen molar-refractivity contribution < 1.29 is 41.7 Å². The number of hydrogen-bond donors (Lipinski definition) is 1. The lowest BCUT2D eigenvalue weighted by Crippen LogP contribution is -2.42. The van der Waals surface area contributed by atoms with Crippen molar-refractivity contribution in [3.05, 3.63) is 66.0 Å². The van der Waals surface area contributed by atoms with Gasteiger partial charge in [-0.15, -0.1) is 0 Å². The summed E-state index contributed by atoms with van der Waals surface area (Å²) in [5.74, 6) is -0.416. The molecule has 1 aliphatic rings. The molecule has 0 saturated heterocycles. The zero-order valence-electron chi connectivity index (χ0n) is 18.4. The molecule has 184 valence electrons. The maximum absolute atomic E-state index is 13.0. The molecule has 4 rings (SSSR count). The molecule has 1 aromatic heterocycles. The van der Waals surface area contributed by atoms with E-state index < -0.39 is 36.3 Å². The van der Waals surface area contributed by atoms with E-state index in [9.17, 15) is 22.8 Å². The number of ether oxygens (including phenoxy) is 4. The molecular formula is C23H20F3N3O6. The van der Waals surface area contributed by atoms with Crippen LogP contribution < -0.4 is 19.5 Å². The third-order valence-corrected chi connectivity index (χ3v) is 4.96. The molecule has 12 heteroatoms. The van der Waals surface area contributed by atoms with Gasteiger partial charge in [-0.1, -0.05) is 18.2 Å². The van der Waals surface area contributed by atoms with Crippen molar-refractivity contribution in [2.75, 3.05) is 26.9 Å². The van der Waals surface area contributed by atoms with E-state index in [1.54, 1.807) is 18.2 Å². The van der Waals surface area contributed by atoms with Crippen LogP contribution in [0.15, 0.2) is 54.7 Å². The number of carbonyl (C=O) groups excluding carboxylic acids is 2. The molecule has 3 aromatic rings. The highest BCUT2D eigenvalue weighted by Crippen LogP contribution is 2.31. The standard InChI is InChI=1S/C23H20F3N3O6/c1-32-19-11-29(15-6-4-5-14(9-15)23(24,25)26)28-21(19)22(31)34-13-20(30)27-10-16-12-33-17-7-2-3-8-18(17)35-16/h2-9,11,16H,10,12-13H2,1H3,(H,27,30)/t16-/m1/s1. The quantitative estimate of drug-likeness (QED) is 0.507. The van der Waals surface area contributed by atoms with E-state index in [1.165, 1.54) is 25.4 Å². The minimum absolute atomic E-state index is 0.0285. The minimum Gasteiger partial charge on any atom is -0.493 e. The van der Waals surface area contributed by atoms with Crippen molar-refractivity contribution in [1.29, 1.82) is 0 Å². The van der Waals surface area contributed by atoms with Gasteiger partial charge in [-0.25, -0.2) is 9.48 Å². The molecular weight excluding hydrogens is 471 g/mol. The van der Waals surface area contributed by atoms with Crippen LogP contribution in [0, 0.1) is 0 Å². The Kier molecular flexibility index (Phi) is 6.80. The topological polar surface area (TPSA) is 101 Å². The number of esters is 1. The molecule has 0 bridgehead atoms. The summed E-state index contributed by atoms with van der Waals surface area (Å²) in [5, 5.41) is 6.56. The van der Waals surface area contributed by atoms with Crippen molar-refractivity contribution in [3.8, 4) is 22.9 Å². The van der Waals surface area contributed by atoms with E-state index in [-0.39, 0.29) is 30.3 Å². The van der Waals surface area contributed by atoms with Crippen LogP contribution >= 0.6 is 0 Å². The van der Waals surface area contributed by atoms with E-state index >= 15 is 0 Å². The highest BCUT2D eigenvalue weighted by atomic mass is 19.4. The second-order valence-corrected chi connectivity index (χ2v) is 7.42. The summed E-state index contributed by atoms with van der Waals surface area (Å²) in [6, 6.07) is 11.5. The van der Waals surface area contributed by atoms with E-state index in [0.717, 1.165) is 16.8 Å². The Morgan fingerprint density at radius 1 is 1.17 bits per heavy atom. The van der Waals surface area contributed by atoms with Crippen molar-refractivity contribution in [2.45, 2.75) is 12.3 Å². The van der Waals surface area contributed by atoms with Gasteiger partial charge in [-0.05, 0) is 30.3 Å². The summed E-state index contributed by atoms with van der Waals surface area (Å²) in [7, 11) is 1.27. The fourth-order valence-electron chi connectivity index (χ4n) is 3.25. The number of hydrogen-bond acceptors (Lipinski definition) is 7. The molecule has 1 atom stereocenters. The maximum Gasteiger partial charge on any atom is 0.416 e. The summed E-state index contributed by atoms with van der Waals surface area (Å²) < 4.78 is 61.5. The SMILES string of the molecule is COc1cn(-c2cccc(C(F)(F)F)c2)nc1C(=O)OCC(=O)NC[C@@H]1COc2ccccc2O1. The van der Waals surface area contributed by atoms with Crippen LogP contribution in [0.1, 0.15) is 16.1 Å². The molecule has 0 saturated carbocycles. The fraction of sp³-hybridized carbons (Fsp3) is 0.261. The molecule has 0 aliphatic carbocycles. The largest absolute Gasteiger partial charge is 0.493 e. The number of alkyl halides is 3. The third kappa shape index (κ3) is 5.65. The zero-order valence-corrected chi connectivity index (χ0v) is 18.4. The molecule has 0 unspecified atom stereocenters. The Morgan fingerprint density at radius 2 is 1.94 bits per heavy atom. The number of aromatic nitrogens is 2. The average molecular weight is 491 g/mol. The van der Waals surface area contributed by atoms with Crippen LogP contribution in [0.4, 0.5) is 13.2 Å². The Hall–Kier alpha value is -4.22. The van der Waals surface area contributed by atoms with Crippen molar-refractivity contribution in [1.82, 2.24) is 15.1 Å². The van der Waals surface area contributed by atoms with Gasteiger partial charge in [0.25, 0.3) is 5.91 Å². The molecule has 0 spiro atoms. The monoisotopic (exact) mass is 491 g/mol. The average Bonchev–Trinajstić information content (AvgIpc) is 3.30. The Balaban J connectivity index is 1.33. The molecule has 35 heavy (non-hydrogen) atoms. The number of methoxy groups -OCH3 is 1. The predicted molar refractivity (Wildman–Crippen MR) is 115 cm³/mol. The van der Waals surface area contributed by atoms with Crippen molar-refractivity contribution in [3.63, 3.8) is 0 Å². The van der Waals surface area contributed by atoms with Crippen molar-refractivity contribution in [2.24, 2.45) is 0 Å². The highest BCUT2D eigenvalue weighted by molar-refractivity contribution is 5.92. The van der Waals surface area contributed by atoms with Gasteiger partial charge in [0.2, 0.25) is 5.69 Å². The first-order chi connectivity index (χ1) is 16.7. The zero-order chi connectivity index (χ0) is 25.0. The van der Waals surface area contributed by atoms with Gasteiger partial charge in [0.05, 0.1) is 31.1 Å². The number of rotatable bonds is 7. The van der Waals surface area contributed by atoms with Gasteiger partial charge in [0.15, 0.2) is 23.9 Å². The van der Waals surface area contributed by atoms with Crippen LogP contribution in [0.2, 0.25) is 0 Å². The minimum atomic E-state index is -4.54. The second-order valence-electron chi connectivity index (χ2n) is 7.42. The first kappa shape index (κ1) is 23.9. The van der Waals surface area contributed by atoms with E-state index in [0.29, 0.717) is 11.5 Å².